The number of thiophene rings is 1. The van der Waals surface area contributed by atoms with Crippen LogP contribution in [0.1, 0.15) is 19.4 Å². The number of nitrogens with zero attached hydrogens (tertiary/aromatic N) is 1. The number of carbonyl (C=O) groups excluding carboxylic acids is 2. The predicted molar refractivity (Wildman–Crippen MR) is 95.9 cm³/mol. The second-order valence-corrected chi connectivity index (χ2v) is 6.51. The lowest BCUT2D eigenvalue weighted by atomic mass is 10.2. The standard InChI is InChI=1S/C17H16N4O3S/c1-9(15(22)21-17-11(8-18)5-6-25-17)19-12-3-4-14-13(7-12)20-16(23)10(2)24-14/h3-7,9-10,19H,1-2H3,(H,20,23)(H,21,22)/t9-,10+/m1/s1. The number of ether oxygens (including phenoxy) is 1. The maximum Gasteiger partial charge on any atom is 0.265 e. The highest BCUT2D eigenvalue weighted by atomic mass is 32.1. The molecule has 0 spiro atoms. The fraction of sp³-hybridized carbons (Fsp3) is 0.235. The summed E-state index contributed by atoms with van der Waals surface area (Å²) in [6, 6.07) is 8.39. The first kappa shape index (κ1) is 16.8. The van der Waals surface area contributed by atoms with Gasteiger partial charge >= 0.3 is 0 Å². The molecule has 0 aliphatic carbocycles. The zero-order valence-electron chi connectivity index (χ0n) is 13.6. The number of nitrogens with one attached hydrogen (secondary N) is 3. The molecule has 0 bridgehead atoms. The highest BCUT2D eigenvalue weighted by Crippen LogP contribution is 2.32. The highest BCUT2D eigenvalue weighted by Gasteiger charge is 2.24. The Balaban J connectivity index is 1.68. The first-order valence-electron chi connectivity index (χ1n) is 7.64. The minimum Gasteiger partial charge on any atom is -0.479 e. The Labute approximate surface area is 148 Å². The van der Waals surface area contributed by atoms with E-state index in [0.29, 0.717) is 27.7 Å². The van der Waals surface area contributed by atoms with Gasteiger partial charge in [-0.05, 0) is 43.5 Å². The third-order valence-corrected chi connectivity index (χ3v) is 4.54. The molecule has 1 aliphatic rings. The summed E-state index contributed by atoms with van der Waals surface area (Å²) >= 11 is 1.30. The van der Waals surface area contributed by atoms with Gasteiger partial charge in [0.1, 0.15) is 22.9 Å². The topological polar surface area (TPSA) is 103 Å². The van der Waals surface area contributed by atoms with Crippen molar-refractivity contribution in [3.05, 3.63) is 35.2 Å². The summed E-state index contributed by atoms with van der Waals surface area (Å²) in [7, 11) is 0. The third-order valence-electron chi connectivity index (χ3n) is 3.71. The number of carbonyl (C=O) groups is 2. The van der Waals surface area contributed by atoms with Gasteiger partial charge in [-0.15, -0.1) is 11.3 Å². The second kappa shape index (κ2) is 6.83. The molecule has 1 aromatic carbocycles. The number of anilines is 3. The van der Waals surface area contributed by atoms with E-state index in [-0.39, 0.29) is 11.8 Å². The molecule has 3 N–H and O–H groups in total. The molecule has 0 unspecified atom stereocenters. The number of hydrogen-bond acceptors (Lipinski definition) is 6. The van der Waals surface area contributed by atoms with Crippen LogP contribution in [0, 0.1) is 11.3 Å². The van der Waals surface area contributed by atoms with Crippen LogP contribution < -0.4 is 20.7 Å². The minimum absolute atomic E-state index is 0.211. The van der Waals surface area contributed by atoms with Gasteiger partial charge in [-0.1, -0.05) is 0 Å². The fourth-order valence-corrected chi connectivity index (χ4v) is 3.07. The minimum atomic E-state index is -0.536. The van der Waals surface area contributed by atoms with Crippen molar-refractivity contribution in [3.8, 4) is 11.8 Å². The molecule has 1 aromatic heterocycles. The zero-order chi connectivity index (χ0) is 18.0. The Kier molecular flexibility index (Phi) is 4.59. The van der Waals surface area contributed by atoms with Crippen molar-refractivity contribution in [1.29, 1.82) is 5.26 Å². The van der Waals surface area contributed by atoms with Crippen LogP contribution in [0.5, 0.6) is 5.75 Å². The Morgan fingerprint density at radius 1 is 1.44 bits per heavy atom. The van der Waals surface area contributed by atoms with E-state index < -0.39 is 12.1 Å². The Morgan fingerprint density at radius 3 is 3.00 bits per heavy atom. The molecular weight excluding hydrogens is 340 g/mol. The van der Waals surface area contributed by atoms with Crippen LogP contribution in [0.4, 0.5) is 16.4 Å². The van der Waals surface area contributed by atoms with Crippen molar-refractivity contribution >= 4 is 39.5 Å². The van der Waals surface area contributed by atoms with E-state index in [2.05, 4.69) is 16.0 Å². The second-order valence-electron chi connectivity index (χ2n) is 5.59. The van der Waals surface area contributed by atoms with Gasteiger partial charge < -0.3 is 20.7 Å². The summed E-state index contributed by atoms with van der Waals surface area (Å²) in [6.07, 6.45) is -0.531. The number of amides is 2. The largest absolute Gasteiger partial charge is 0.479 e. The van der Waals surface area contributed by atoms with Crippen LogP contribution in [0.2, 0.25) is 0 Å². The molecule has 0 radical (unpaired) electrons. The van der Waals surface area contributed by atoms with E-state index in [4.69, 9.17) is 10.00 Å². The number of benzene rings is 1. The third kappa shape index (κ3) is 3.56. The van der Waals surface area contributed by atoms with Gasteiger partial charge in [0.25, 0.3) is 5.91 Å². The molecule has 0 saturated heterocycles. The SMILES string of the molecule is C[C@@H]1Oc2ccc(N[C@H](C)C(=O)Nc3sccc3C#N)cc2NC1=O. The molecule has 2 aromatic rings. The first-order valence-corrected chi connectivity index (χ1v) is 8.52. The van der Waals surface area contributed by atoms with Crippen molar-refractivity contribution in [2.45, 2.75) is 26.0 Å². The first-order chi connectivity index (χ1) is 12.0. The van der Waals surface area contributed by atoms with E-state index in [0.717, 1.165) is 0 Å². The number of fused-ring (bicyclic) bond motifs is 1. The van der Waals surface area contributed by atoms with Crippen LogP contribution in [-0.4, -0.2) is 24.0 Å². The van der Waals surface area contributed by atoms with Crippen molar-refractivity contribution in [2.75, 3.05) is 16.0 Å². The van der Waals surface area contributed by atoms with Gasteiger partial charge in [-0.25, -0.2) is 0 Å². The molecule has 0 saturated carbocycles. The molecule has 128 valence electrons. The number of hydrogen-bond donors (Lipinski definition) is 3. The summed E-state index contributed by atoms with van der Waals surface area (Å²) < 4.78 is 5.50. The van der Waals surface area contributed by atoms with Crippen molar-refractivity contribution < 1.29 is 14.3 Å². The Morgan fingerprint density at radius 2 is 2.24 bits per heavy atom. The van der Waals surface area contributed by atoms with Crippen LogP contribution >= 0.6 is 11.3 Å². The predicted octanol–water partition coefficient (Wildman–Crippen LogP) is 2.78. The van der Waals surface area contributed by atoms with E-state index in [1.165, 1.54) is 11.3 Å². The maximum atomic E-state index is 12.3. The van der Waals surface area contributed by atoms with Crippen LogP contribution in [0.25, 0.3) is 0 Å². The van der Waals surface area contributed by atoms with Gasteiger partial charge in [0.15, 0.2) is 6.10 Å². The molecular formula is C17H16N4O3S. The number of nitriles is 1. The molecule has 0 fully saturated rings. The van der Waals surface area contributed by atoms with Gasteiger partial charge in [0, 0.05) is 5.69 Å². The molecule has 2 heterocycles. The van der Waals surface area contributed by atoms with Crippen molar-refractivity contribution in [3.63, 3.8) is 0 Å². The van der Waals surface area contributed by atoms with Crippen LogP contribution in [0.15, 0.2) is 29.6 Å². The molecule has 2 atom stereocenters. The van der Waals surface area contributed by atoms with Crippen molar-refractivity contribution in [2.24, 2.45) is 0 Å². The average molecular weight is 356 g/mol. The summed E-state index contributed by atoms with van der Waals surface area (Å²) in [4.78, 5) is 24.0. The lowest BCUT2D eigenvalue weighted by Crippen LogP contribution is -2.34. The highest BCUT2D eigenvalue weighted by molar-refractivity contribution is 7.14. The van der Waals surface area contributed by atoms with Gasteiger partial charge in [-0.3, -0.25) is 9.59 Å². The van der Waals surface area contributed by atoms with E-state index in [9.17, 15) is 9.59 Å². The summed E-state index contributed by atoms with van der Waals surface area (Å²) in [5.41, 5.74) is 1.67. The van der Waals surface area contributed by atoms with Gasteiger partial charge in [0.2, 0.25) is 5.91 Å². The Hall–Kier alpha value is -3.05. The molecule has 7 nitrogen and oxygen atoms in total. The average Bonchev–Trinajstić information content (AvgIpc) is 3.03. The van der Waals surface area contributed by atoms with Gasteiger partial charge in [-0.2, -0.15) is 5.26 Å². The Bertz CT molecular complexity index is 871. The molecule has 8 heteroatoms. The molecule has 25 heavy (non-hydrogen) atoms. The molecule has 1 aliphatic heterocycles. The van der Waals surface area contributed by atoms with Crippen LogP contribution in [-0.2, 0) is 9.59 Å². The quantitative estimate of drug-likeness (QED) is 0.781. The molecule has 2 amide bonds. The van der Waals surface area contributed by atoms with E-state index in [1.807, 2.05) is 6.07 Å². The lowest BCUT2D eigenvalue weighted by Gasteiger charge is -2.24. The van der Waals surface area contributed by atoms with Gasteiger partial charge in [0.05, 0.1) is 11.3 Å². The fourth-order valence-electron chi connectivity index (χ4n) is 2.33. The monoisotopic (exact) mass is 356 g/mol. The number of rotatable bonds is 4. The summed E-state index contributed by atoms with van der Waals surface area (Å²) in [5, 5.41) is 19.8. The van der Waals surface area contributed by atoms with E-state index in [1.54, 1.807) is 43.5 Å². The van der Waals surface area contributed by atoms with Crippen molar-refractivity contribution in [1.82, 2.24) is 0 Å². The summed E-state index contributed by atoms with van der Waals surface area (Å²) in [6.45, 7) is 3.39. The van der Waals surface area contributed by atoms with Crippen LogP contribution in [0.3, 0.4) is 0 Å². The zero-order valence-corrected chi connectivity index (χ0v) is 14.4. The smallest absolute Gasteiger partial charge is 0.265 e. The molecule has 3 rings (SSSR count). The lowest BCUT2D eigenvalue weighted by molar-refractivity contribution is -0.122. The summed E-state index contributed by atoms with van der Waals surface area (Å²) in [5.74, 6) is 0.120. The normalized spacial score (nSPS) is 16.7. The maximum absolute atomic E-state index is 12.3. The van der Waals surface area contributed by atoms with E-state index >= 15 is 0 Å².